The number of sulfonamides is 1. The van der Waals surface area contributed by atoms with Crippen LogP contribution in [0.3, 0.4) is 0 Å². The Morgan fingerprint density at radius 1 is 1.45 bits per heavy atom. The zero-order valence-electron chi connectivity index (χ0n) is 12.1. The minimum Gasteiger partial charge on any atom is -0.391 e. The van der Waals surface area contributed by atoms with Crippen LogP contribution in [-0.2, 0) is 16.6 Å². The average Bonchev–Trinajstić information content (AvgIpc) is 2.81. The lowest BCUT2D eigenvalue weighted by molar-refractivity contribution is 0.238. The van der Waals surface area contributed by atoms with Crippen molar-refractivity contribution in [3.8, 4) is 0 Å². The first-order valence-corrected chi connectivity index (χ1v) is 9.54. The van der Waals surface area contributed by atoms with Gasteiger partial charge in [0.25, 0.3) is 0 Å². The number of aryl methyl sites for hydroxylation is 1. The summed E-state index contributed by atoms with van der Waals surface area (Å²) < 4.78 is 27.6. The molecule has 1 N–H and O–H groups in total. The van der Waals surface area contributed by atoms with Crippen LogP contribution in [-0.4, -0.2) is 30.4 Å². The lowest BCUT2D eigenvalue weighted by Crippen LogP contribution is -2.43. The second kappa shape index (κ2) is 6.56. The zero-order chi connectivity index (χ0) is 14.8. The SMILES string of the molecule is CCCC1CCCCN1S(=O)(=O)c1c(C)csc1CO. The predicted molar refractivity (Wildman–Crippen MR) is 81.4 cm³/mol. The molecular formula is C14H23NO3S2. The van der Waals surface area contributed by atoms with E-state index >= 15 is 0 Å². The van der Waals surface area contributed by atoms with Crippen LogP contribution >= 0.6 is 11.3 Å². The molecule has 0 amide bonds. The van der Waals surface area contributed by atoms with Crippen LogP contribution in [0.1, 0.15) is 49.5 Å². The maximum absolute atomic E-state index is 13.0. The molecule has 1 aliphatic heterocycles. The highest BCUT2D eigenvalue weighted by atomic mass is 32.2. The fourth-order valence-electron chi connectivity index (χ4n) is 2.97. The molecule has 1 fully saturated rings. The number of rotatable bonds is 5. The Hall–Kier alpha value is -0.430. The number of piperidine rings is 1. The van der Waals surface area contributed by atoms with Crippen LogP contribution in [0.4, 0.5) is 0 Å². The number of nitrogens with zero attached hydrogens (tertiary/aromatic N) is 1. The van der Waals surface area contributed by atoms with Crippen LogP contribution in [0.25, 0.3) is 0 Å². The Morgan fingerprint density at radius 3 is 2.85 bits per heavy atom. The predicted octanol–water partition coefficient (Wildman–Crippen LogP) is 2.89. The Morgan fingerprint density at radius 2 is 2.20 bits per heavy atom. The summed E-state index contributed by atoms with van der Waals surface area (Å²) in [5.41, 5.74) is 0.750. The van der Waals surface area contributed by atoms with Gasteiger partial charge in [0.15, 0.2) is 0 Å². The van der Waals surface area contributed by atoms with Crippen LogP contribution in [0, 0.1) is 6.92 Å². The Balaban J connectivity index is 2.39. The molecule has 6 heteroatoms. The Labute approximate surface area is 125 Å². The molecule has 0 spiro atoms. The molecule has 0 bridgehead atoms. The summed E-state index contributed by atoms with van der Waals surface area (Å²) in [6.45, 7) is 4.29. The van der Waals surface area contributed by atoms with Gasteiger partial charge < -0.3 is 5.11 Å². The van der Waals surface area contributed by atoms with Gasteiger partial charge in [0.2, 0.25) is 10.0 Å². The van der Waals surface area contributed by atoms with Gasteiger partial charge in [0.05, 0.1) is 11.5 Å². The van der Waals surface area contributed by atoms with Crippen LogP contribution in [0.2, 0.25) is 0 Å². The molecule has 0 aliphatic carbocycles. The van der Waals surface area contributed by atoms with E-state index in [4.69, 9.17) is 0 Å². The normalized spacial score (nSPS) is 21.2. The summed E-state index contributed by atoms with van der Waals surface area (Å²) in [4.78, 5) is 0.899. The van der Waals surface area contributed by atoms with Gasteiger partial charge in [-0.2, -0.15) is 4.31 Å². The molecular weight excluding hydrogens is 294 g/mol. The van der Waals surface area contributed by atoms with E-state index in [-0.39, 0.29) is 12.6 Å². The number of aliphatic hydroxyl groups is 1. The van der Waals surface area contributed by atoms with E-state index in [1.165, 1.54) is 11.3 Å². The zero-order valence-corrected chi connectivity index (χ0v) is 13.8. The molecule has 0 radical (unpaired) electrons. The van der Waals surface area contributed by atoms with Gasteiger partial charge in [-0.1, -0.05) is 19.8 Å². The van der Waals surface area contributed by atoms with E-state index in [0.717, 1.165) is 37.7 Å². The summed E-state index contributed by atoms with van der Waals surface area (Å²) >= 11 is 1.33. The second-order valence-electron chi connectivity index (χ2n) is 5.38. The molecule has 0 aromatic carbocycles. The summed E-state index contributed by atoms with van der Waals surface area (Å²) in [7, 11) is -3.48. The molecule has 1 aromatic rings. The topological polar surface area (TPSA) is 57.6 Å². The molecule has 1 aliphatic rings. The van der Waals surface area contributed by atoms with E-state index in [1.54, 1.807) is 11.2 Å². The standard InChI is InChI=1S/C14H23NO3S2/c1-3-6-12-7-4-5-8-15(12)20(17,18)14-11(2)10-19-13(14)9-16/h10,12,16H,3-9H2,1-2H3. The molecule has 4 nitrogen and oxygen atoms in total. The van der Waals surface area contributed by atoms with Gasteiger partial charge in [-0.05, 0) is 37.1 Å². The van der Waals surface area contributed by atoms with Crippen molar-refractivity contribution in [1.82, 2.24) is 4.31 Å². The van der Waals surface area contributed by atoms with Gasteiger partial charge in [-0.25, -0.2) is 8.42 Å². The minimum atomic E-state index is -3.48. The number of hydrogen-bond donors (Lipinski definition) is 1. The third kappa shape index (κ3) is 2.93. The van der Waals surface area contributed by atoms with Crippen LogP contribution in [0.15, 0.2) is 10.3 Å². The van der Waals surface area contributed by atoms with Crippen LogP contribution < -0.4 is 0 Å². The highest BCUT2D eigenvalue weighted by molar-refractivity contribution is 7.89. The van der Waals surface area contributed by atoms with Gasteiger partial charge in [-0.3, -0.25) is 0 Å². The molecule has 1 aromatic heterocycles. The number of thiophene rings is 1. The quantitative estimate of drug-likeness (QED) is 0.908. The molecule has 2 heterocycles. The maximum atomic E-state index is 13.0. The van der Waals surface area contributed by atoms with Crippen molar-refractivity contribution >= 4 is 21.4 Å². The number of aliphatic hydroxyl groups excluding tert-OH is 1. The Kier molecular flexibility index (Phi) is 5.23. The van der Waals surface area contributed by atoms with E-state index < -0.39 is 10.0 Å². The van der Waals surface area contributed by atoms with Crippen molar-refractivity contribution in [3.63, 3.8) is 0 Å². The molecule has 114 valence electrons. The smallest absolute Gasteiger partial charge is 0.244 e. The molecule has 0 saturated carbocycles. The highest BCUT2D eigenvalue weighted by Gasteiger charge is 2.35. The molecule has 1 saturated heterocycles. The third-order valence-electron chi connectivity index (χ3n) is 3.89. The van der Waals surface area contributed by atoms with Crippen LogP contribution in [0.5, 0.6) is 0 Å². The van der Waals surface area contributed by atoms with Crippen molar-refractivity contribution < 1.29 is 13.5 Å². The van der Waals surface area contributed by atoms with Crippen molar-refractivity contribution in [2.75, 3.05) is 6.54 Å². The summed E-state index contributed by atoms with van der Waals surface area (Å²) in [5, 5.41) is 11.2. The summed E-state index contributed by atoms with van der Waals surface area (Å²) in [6, 6.07) is 0.115. The Bertz CT molecular complexity index is 549. The molecule has 20 heavy (non-hydrogen) atoms. The van der Waals surface area contributed by atoms with Gasteiger partial charge in [0, 0.05) is 12.6 Å². The first-order chi connectivity index (χ1) is 9.52. The average molecular weight is 317 g/mol. The lowest BCUT2D eigenvalue weighted by atomic mass is 10.0. The highest BCUT2D eigenvalue weighted by Crippen LogP contribution is 2.33. The molecule has 1 unspecified atom stereocenters. The van der Waals surface area contributed by atoms with Crippen molar-refractivity contribution in [1.29, 1.82) is 0 Å². The largest absolute Gasteiger partial charge is 0.391 e. The maximum Gasteiger partial charge on any atom is 0.244 e. The first-order valence-electron chi connectivity index (χ1n) is 7.22. The summed E-state index contributed by atoms with van der Waals surface area (Å²) in [5.74, 6) is 0. The van der Waals surface area contributed by atoms with Gasteiger partial charge >= 0.3 is 0 Å². The molecule has 2 rings (SSSR count). The molecule has 1 atom stereocenters. The first kappa shape index (κ1) is 15.9. The lowest BCUT2D eigenvalue weighted by Gasteiger charge is -2.34. The fourth-order valence-corrected chi connectivity index (χ4v) is 6.31. The van der Waals surface area contributed by atoms with E-state index in [0.29, 0.717) is 16.3 Å². The van der Waals surface area contributed by atoms with Crippen molar-refractivity contribution in [2.24, 2.45) is 0 Å². The summed E-state index contributed by atoms with van der Waals surface area (Å²) in [6.07, 6.45) is 4.89. The van der Waals surface area contributed by atoms with E-state index in [2.05, 4.69) is 6.92 Å². The third-order valence-corrected chi connectivity index (χ3v) is 7.30. The minimum absolute atomic E-state index is 0.115. The van der Waals surface area contributed by atoms with Crippen molar-refractivity contribution in [3.05, 3.63) is 15.8 Å². The van der Waals surface area contributed by atoms with Crippen molar-refractivity contribution in [2.45, 2.75) is 63.5 Å². The van der Waals surface area contributed by atoms with E-state index in [1.807, 2.05) is 5.38 Å². The second-order valence-corrected chi connectivity index (χ2v) is 8.17. The van der Waals surface area contributed by atoms with E-state index in [9.17, 15) is 13.5 Å². The monoisotopic (exact) mass is 317 g/mol. The van der Waals surface area contributed by atoms with Gasteiger partial charge in [0.1, 0.15) is 4.90 Å². The fraction of sp³-hybridized carbons (Fsp3) is 0.714. The van der Waals surface area contributed by atoms with Gasteiger partial charge in [-0.15, -0.1) is 11.3 Å². The number of hydrogen-bond acceptors (Lipinski definition) is 4.